The standard InChI is InChI=1S/C19H26F2N2/c1-12(15-7-9-17(20)10-8-15)11-18(21)14(3)23-19(22-4)13(2)16-5-6-16/h7,9-10,12,15-16,18H,2,5-6,8,11H2,1,3-4H3/b22-19-,23-14+. The van der Waals surface area contributed by atoms with Gasteiger partial charge in [-0.15, -0.1) is 0 Å². The monoisotopic (exact) mass is 320 g/mol. The third-order valence-electron chi connectivity index (χ3n) is 4.70. The van der Waals surface area contributed by atoms with Gasteiger partial charge in [0, 0.05) is 7.05 Å². The minimum atomic E-state index is -1.11. The number of amidine groups is 1. The lowest BCUT2D eigenvalue weighted by atomic mass is 9.84. The van der Waals surface area contributed by atoms with Gasteiger partial charge < -0.3 is 0 Å². The summed E-state index contributed by atoms with van der Waals surface area (Å²) in [6.45, 7) is 7.74. The van der Waals surface area contributed by atoms with Crippen LogP contribution < -0.4 is 0 Å². The molecule has 2 rings (SSSR count). The predicted molar refractivity (Wildman–Crippen MR) is 93.4 cm³/mol. The maximum atomic E-state index is 14.5. The molecule has 0 spiro atoms. The van der Waals surface area contributed by atoms with Crippen molar-refractivity contribution in [2.75, 3.05) is 7.05 Å². The van der Waals surface area contributed by atoms with Crippen molar-refractivity contribution in [2.24, 2.45) is 27.7 Å². The molecule has 0 bridgehead atoms. The fraction of sp³-hybridized carbons (Fsp3) is 0.579. The number of hydrogen-bond acceptors (Lipinski definition) is 1. The third-order valence-corrected chi connectivity index (χ3v) is 4.70. The molecule has 23 heavy (non-hydrogen) atoms. The Balaban J connectivity index is 1.93. The van der Waals surface area contributed by atoms with Gasteiger partial charge in [-0.05, 0) is 68.1 Å². The maximum Gasteiger partial charge on any atom is 0.149 e. The zero-order valence-electron chi connectivity index (χ0n) is 14.2. The Labute approximate surface area is 137 Å². The molecule has 0 N–H and O–H groups in total. The molecule has 0 aromatic carbocycles. The molecule has 4 heteroatoms. The molecule has 0 aromatic rings. The van der Waals surface area contributed by atoms with Gasteiger partial charge in [-0.25, -0.2) is 13.8 Å². The number of allylic oxidation sites excluding steroid dienone is 4. The van der Waals surface area contributed by atoms with Crippen LogP contribution >= 0.6 is 0 Å². The molecular weight excluding hydrogens is 294 g/mol. The first-order valence-corrected chi connectivity index (χ1v) is 8.31. The summed E-state index contributed by atoms with van der Waals surface area (Å²) in [5, 5.41) is 0. The number of halogens is 2. The number of nitrogens with zero attached hydrogens (tertiary/aromatic N) is 2. The van der Waals surface area contributed by atoms with Gasteiger partial charge in [0.2, 0.25) is 0 Å². The lowest BCUT2D eigenvalue weighted by Gasteiger charge is -2.23. The Hall–Kier alpha value is -1.58. The van der Waals surface area contributed by atoms with Crippen molar-refractivity contribution in [3.05, 3.63) is 36.2 Å². The van der Waals surface area contributed by atoms with Crippen LogP contribution in [0.2, 0.25) is 0 Å². The first kappa shape index (κ1) is 17.8. The summed E-state index contributed by atoms with van der Waals surface area (Å²) in [5.41, 5.74) is 1.36. The van der Waals surface area contributed by atoms with Crippen LogP contribution in [-0.4, -0.2) is 24.8 Å². The van der Waals surface area contributed by atoms with E-state index in [1.807, 2.05) is 13.0 Å². The Kier molecular flexibility index (Phi) is 6.03. The van der Waals surface area contributed by atoms with Crippen LogP contribution in [0.4, 0.5) is 8.78 Å². The summed E-state index contributed by atoms with van der Waals surface area (Å²) in [6.07, 6.45) is 7.03. The first-order chi connectivity index (χ1) is 10.9. The van der Waals surface area contributed by atoms with Crippen molar-refractivity contribution >= 4 is 11.5 Å². The molecule has 126 valence electrons. The normalized spacial score (nSPS) is 25.1. The van der Waals surface area contributed by atoms with Gasteiger partial charge >= 0.3 is 0 Å². The van der Waals surface area contributed by atoms with Crippen molar-refractivity contribution in [1.29, 1.82) is 0 Å². The summed E-state index contributed by atoms with van der Waals surface area (Å²) >= 11 is 0. The molecule has 0 radical (unpaired) electrons. The molecule has 0 amide bonds. The summed E-state index contributed by atoms with van der Waals surface area (Å²) < 4.78 is 27.5. The van der Waals surface area contributed by atoms with Crippen LogP contribution in [-0.2, 0) is 0 Å². The summed E-state index contributed by atoms with van der Waals surface area (Å²) in [7, 11) is 1.67. The van der Waals surface area contributed by atoms with Gasteiger partial charge in [0.25, 0.3) is 0 Å². The minimum Gasteiger partial charge on any atom is -0.270 e. The molecule has 2 nitrogen and oxygen atoms in total. The highest BCUT2D eigenvalue weighted by molar-refractivity contribution is 6.07. The average molecular weight is 320 g/mol. The fourth-order valence-corrected chi connectivity index (χ4v) is 2.82. The molecule has 3 atom stereocenters. The third kappa shape index (κ3) is 4.95. The van der Waals surface area contributed by atoms with E-state index < -0.39 is 6.17 Å². The molecular formula is C19H26F2N2. The van der Waals surface area contributed by atoms with E-state index in [4.69, 9.17) is 0 Å². The number of aliphatic imine (C=N–C) groups is 2. The lowest BCUT2D eigenvalue weighted by Crippen LogP contribution is -2.21. The molecule has 1 fully saturated rings. The van der Waals surface area contributed by atoms with E-state index in [-0.39, 0.29) is 17.7 Å². The molecule has 2 aliphatic rings. The van der Waals surface area contributed by atoms with Crippen LogP contribution in [0.25, 0.3) is 0 Å². The fourth-order valence-electron chi connectivity index (χ4n) is 2.82. The van der Waals surface area contributed by atoms with Crippen molar-refractivity contribution in [1.82, 2.24) is 0 Å². The largest absolute Gasteiger partial charge is 0.270 e. The van der Waals surface area contributed by atoms with Gasteiger partial charge in [-0.1, -0.05) is 19.6 Å². The molecule has 2 aliphatic carbocycles. The Morgan fingerprint density at radius 3 is 2.65 bits per heavy atom. The smallest absolute Gasteiger partial charge is 0.149 e. The molecule has 1 saturated carbocycles. The van der Waals surface area contributed by atoms with E-state index >= 15 is 0 Å². The van der Waals surface area contributed by atoms with Gasteiger partial charge in [0.15, 0.2) is 0 Å². The second-order valence-corrected chi connectivity index (χ2v) is 6.63. The highest BCUT2D eigenvalue weighted by atomic mass is 19.1. The molecule has 3 unspecified atom stereocenters. The van der Waals surface area contributed by atoms with Gasteiger partial charge in [-0.2, -0.15) is 0 Å². The number of hydrogen-bond donors (Lipinski definition) is 0. The van der Waals surface area contributed by atoms with Crippen molar-refractivity contribution < 1.29 is 8.78 Å². The Bertz CT molecular complexity index is 568. The van der Waals surface area contributed by atoms with E-state index in [2.05, 4.69) is 16.6 Å². The quantitative estimate of drug-likeness (QED) is 0.472. The summed E-state index contributed by atoms with van der Waals surface area (Å²) in [5.74, 6) is 1.15. The van der Waals surface area contributed by atoms with Crippen molar-refractivity contribution in [3.8, 4) is 0 Å². The highest BCUT2D eigenvalue weighted by Crippen LogP contribution is 2.36. The van der Waals surface area contributed by atoms with Crippen LogP contribution in [0.1, 0.15) is 39.5 Å². The van der Waals surface area contributed by atoms with Crippen molar-refractivity contribution in [2.45, 2.75) is 45.7 Å². The van der Waals surface area contributed by atoms with E-state index in [0.29, 0.717) is 30.3 Å². The summed E-state index contributed by atoms with van der Waals surface area (Å²) in [4.78, 5) is 8.52. The van der Waals surface area contributed by atoms with Crippen LogP contribution in [0.15, 0.2) is 46.2 Å². The van der Waals surface area contributed by atoms with E-state index in [1.165, 1.54) is 6.08 Å². The van der Waals surface area contributed by atoms with E-state index in [1.54, 1.807) is 20.0 Å². The van der Waals surface area contributed by atoms with Crippen LogP contribution in [0.5, 0.6) is 0 Å². The Morgan fingerprint density at radius 1 is 1.43 bits per heavy atom. The van der Waals surface area contributed by atoms with Crippen LogP contribution in [0.3, 0.4) is 0 Å². The highest BCUT2D eigenvalue weighted by Gasteiger charge is 2.28. The van der Waals surface area contributed by atoms with Gasteiger partial charge in [0.1, 0.15) is 17.8 Å². The number of alkyl halides is 1. The predicted octanol–water partition coefficient (Wildman–Crippen LogP) is 5.24. The second kappa shape index (κ2) is 7.80. The second-order valence-electron chi connectivity index (χ2n) is 6.63. The molecule has 0 saturated heterocycles. The van der Waals surface area contributed by atoms with Crippen molar-refractivity contribution in [3.63, 3.8) is 0 Å². The first-order valence-electron chi connectivity index (χ1n) is 8.31. The minimum absolute atomic E-state index is 0.129. The van der Waals surface area contributed by atoms with E-state index in [9.17, 15) is 8.78 Å². The topological polar surface area (TPSA) is 24.7 Å². The zero-order valence-corrected chi connectivity index (χ0v) is 14.2. The van der Waals surface area contributed by atoms with Gasteiger partial charge in [0.05, 0.1) is 5.71 Å². The number of rotatable bonds is 6. The maximum absolute atomic E-state index is 14.5. The average Bonchev–Trinajstić information content (AvgIpc) is 3.37. The zero-order chi connectivity index (χ0) is 17.0. The lowest BCUT2D eigenvalue weighted by molar-refractivity contribution is 0.302. The summed E-state index contributed by atoms with van der Waals surface area (Å²) in [6, 6.07) is 0. The van der Waals surface area contributed by atoms with Crippen LogP contribution in [0, 0.1) is 17.8 Å². The molecule has 0 aliphatic heterocycles. The Morgan fingerprint density at radius 2 is 2.13 bits per heavy atom. The van der Waals surface area contributed by atoms with Gasteiger partial charge in [-0.3, -0.25) is 4.99 Å². The molecule has 0 aromatic heterocycles. The van der Waals surface area contributed by atoms with E-state index in [0.717, 1.165) is 18.4 Å². The molecule has 0 heterocycles. The SMILES string of the molecule is C=C(C(=N/C)/N=C(\C)C(F)CC(C)C1C=CC(F)=CC1)C1CC1.